The highest BCUT2D eigenvalue weighted by Gasteiger charge is 2.14. The maximum Gasteiger partial charge on any atom is 0.175 e. The van der Waals surface area contributed by atoms with Gasteiger partial charge < -0.3 is 4.90 Å². The molecule has 0 radical (unpaired) electrons. The maximum absolute atomic E-state index is 13.2. The van der Waals surface area contributed by atoms with Gasteiger partial charge in [0.25, 0.3) is 0 Å². The smallest absolute Gasteiger partial charge is 0.175 e. The first-order valence-electron chi connectivity index (χ1n) is 7.70. The van der Waals surface area contributed by atoms with Crippen molar-refractivity contribution >= 4 is 31.9 Å². The van der Waals surface area contributed by atoms with Crippen molar-refractivity contribution in [1.82, 2.24) is 0 Å². The number of anilines is 2. The van der Waals surface area contributed by atoms with Gasteiger partial charge in [0.1, 0.15) is 5.82 Å². The molecule has 0 saturated heterocycles. The minimum absolute atomic E-state index is 0.264. The Labute approximate surface area is 151 Å². The van der Waals surface area contributed by atoms with Gasteiger partial charge in [-0.2, -0.15) is 0 Å². The van der Waals surface area contributed by atoms with Crippen LogP contribution in [0.1, 0.15) is 11.1 Å². The second-order valence-electron chi connectivity index (χ2n) is 5.94. The zero-order chi connectivity index (χ0) is 18.0. The van der Waals surface area contributed by atoms with Crippen molar-refractivity contribution in [3.05, 3.63) is 76.9 Å². The molecule has 3 rings (SSSR count). The molecule has 1 aromatic heterocycles. The van der Waals surface area contributed by atoms with Crippen LogP contribution in [0, 0.1) is 12.7 Å². The summed E-state index contributed by atoms with van der Waals surface area (Å²) in [6, 6.07) is 15.3. The van der Waals surface area contributed by atoms with E-state index in [0.717, 1.165) is 21.8 Å². The summed E-state index contributed by atoms with van der Waals surface area (Å²) in [5.74, 6) is -0.264. The molecule has 0 aliphatic carbocycles. The van der Waals surface area contributed by atoms with E-state index in [9.17, 15) is 12.8 Å². The van der Waals surface area contributed by atoms with E-state index < -0.39 is 9.84 Å². The van der Waals surface area contributed by atoms with E-state index in [0.29, 0.717) is 11.4 Å². The van der Waals surface area contributed by atoms with Gasteiger partial charge in [-0.1, -0.05) is 12.1 Å². The highest BCUT2D eigenvalue weighted by Crippen LogP contribution is 2.33. The lowest BCUT2D eigenvalue weighted by atomic mass is 10.2. The second-order valence-corrected chi connectivity index (χ2v) is 8.85. The summed E-state index contributed by atoms with van der Waals surface area (Å²) in [7, 11) is -3.23. The van der Waals surface area contributed by atoms with Crippen molar-refractivity contribution in [3.8, 4) is 0 Å². The molecule has 0 amide bonds. The molecule has 0 N–H and O–H groups in total. The third kappa shape index (κ3) is 4.27. The number of sulfone groups is 1. The summed E-state index contributed by atoms with van der Waals surface area (Å²) in [5.41, 5.74) is 3.02. The van der Waals surface area contributed by atoms with Gasteiger partial charge in [0.05, 0.1) is 9.90 Å². The van der Waals surface area contributed by atoms with Crippen LogP contribution in [0.15, 0.2) is 64.9 Å². The van der Waals surface area contributed by atoms with Gasteiger partial charge >= 0.3 is 0 Å². The predicted molar refractivity (Wildman–Crippen MR) is 101 cm³/mol. The first-order valence-corrected chi connectivity index (χ1v) is 10.5. The van der Waals surface area contributed by atoms with Gasteiger partial charge in [0.2, 0.25) is 0 Å². The molecule has 0 atom stereocenters. The number of hydrogen-bond acceptors (Lipinski definition) is 4. The highest BCUT2D eigenvalue weighted by molar-refractivity contribution is 7.90. The lowest BCUT2D eigenvalue weighted by Crippen LogP contribution is -2.15. The fourth-order valence-electron chi connectivity index (χ4n) is 2.50. The minimum Gasteiger partial charge on any atom is -0.329 e. The van der Waals surface area contributed by atoms with Crippen molar-refractivity contribution in [2.24, 2.45) is 0 Å². The summed E-state index contributed by atoms with van der Waals surface area (Å²) >= 11 is 1.62. The molecule has 1 heterocycles. The van der Waals surface area contributed by atoms with Crippen molar-refractivity contribution < 1.29 is 12.8 Å². The van der Waals surface area contributed by atoms with Gasteiger partial charge in [-0.3, -0.25) is 0 Å². The number of nitrogens with zero attached hydrogens (tertiary/aromatic N) is 1. The first-order chi connectivity index (χ1) is 11.8. The summed E-state index contributed by atoms with van der Waals surface area (Å²) in [4.78, 5) is 2.39. The number of rotatable bonds is 5. The monoisotopic (exact) mass is 375 g/mol. The molecule has 3 nitrogen and oxygen atoms in total. The van der Waals surface area contributed by atoms with Crippen molar-refractivity contribution in [2.45, 2.75) is 18.4 Å². The summed E-state index contributed by atoms with van der Waals surface area (Å²) < 4.78 is 36.5. The maximum atomic E-state index is 13.2. The van der Waals surface area contributed by atoms with Crippen LogP contribution in [-0.4, -0.2) is 14.7 Å². The van der Waals surface area contributed by atoms with Gasteiger partial charge in [0, 0.05) is 18.5 Å². The van der Waals surface area contributed by atoms with Crippen LogP contribution in [-0.2, 0) is 16.4 Å². The molecule has 0 spiro atoms. The average Bonchev–Trinajstić information content (AvgIpc) is 3.00. The molecular weight excluding hydrogens is 357 g/mol. The van der Waals surface area contributed by atoms with Gasteiger partial charge in [-0.05, 0) is 65.9 Å². The molecule has 130 valence electrons. The van der Waals surface area contributed by atoms with E-state index in [1.54, 1.807) is 47.7 Å². The molecule has 0 aliphatic heterocycles. The molecular formula is C19H18FNO2S2. The lowest BCUT2D eigenvalue weighted by Gasteiger charge is -2.23. The highest BCUT2D eigenvalue weighted by atomic mass is 32.2. The van der Waals surface area contributed by atoms with E-state index in [4.69, 9.17) is 0 Å². The Morgan fingerprint density at radius 3 is 2.20 bits per heavy atom. The number of halogens is 1. The third-order valence-corrected chi connectivity index (χ3v) is 6.01. The van der Waals surface area contributed by atoms with Crippen LogP contribution in [0.25, 0.3) is 0 Å². The second kappa shape index (κ2) is 6.98. The summed E-state index contributed by atoms with van der Waals surface area (Å²) in [5, 5.41) is 3.12. The largest absolute Gasteiger partial charge is 0.329 e. The standard InChI is InChI=1S/C19H18FNO2S2/c1-14-11-19(24-13-14)21(12-15-3-5-16(20)6-4-15)17-7-9-18(10-8-17)25(2,22)23/h3-11,13H,12H2,1-2H3. The number of benzene rings is 2. The minimum atomic E-state index is -3.23. The average molecular weight is 375 g/mol. The van der Waals surface area contributed by atoms with Gasteiger partial charge in [-0.25, -0.2) is 12.8 Å². The van der Waals surface area contributed by atoms with E-state index in [2.05, 4.69) is 16.3 Å². The van der Waals surface area contributed by atoms with E-state index in [1.165, 1.54) is 18.4 Å². The normalized spacial score (nSPS) is 11.5. The number of hydrogen-bond donors (Lipinski definition) is 0. The summed E-state index contributed by atoms with van der Waals surface area (Å²) in [6.45, 7) is 2.60. The topological polar surface area (TPSA) is 37.4 Å². The number of thiophene rings is 1. The fourth-order valence-corrected chi connectivity index (χ4v) is 4.06. The molecule has 6 heteroatoms. The quantitative estimate of drug-likeness (QED) is 0.634. The van der Waals surface area contributed by atoms with Gasteiger partial charge in [-0.15, -0.1) is 11.3 Å². The van der Waals surface area contributed by atoms with Crippen molar-refractivity contribution in [1.29, 1.82) is 0 Å². The van der Waals surface area contributed by atoms with Crippen LogP contribution in [0.4, 0.5) is 15.1 Å². The van der Waals surface area contributed by atoms with Crippen LogP contribution >= 0.6 is 11.3 Å². The van der Waals surface area contributed by atoms with Crippen LogP contribution in [0.2, 0.25) is 0 Å². The Kier molecular flexibility index (Phi) is 4.92. The van der Waals surface area contributed by atoms with Crippen LogP contribution in [0.3, 0.4) is 0 Å². The van der Waals surface area contributed by atoms with Crippen molar-refractivity contribution in [3.63, 3.8) is 0 Å². The SMILES string of the molecule is Cc1csc(N(Cc2ccc(F)cc2)c2ccc(S(C)(=O)=O)cc2)c1. The molecule has 3 aromatic rings. The molecule has 0 unspecified atom stereocenters. The molecule has 0 saturated carbocycles. The Morgan fingerprint density at radius 2 is 1.68 bits per heavy atom. The van der Waals surface area contributed by atoms with Gasteiger partial charge in [0.15, 0.2) is 9.84 Å². The van der Waals surface area contributed by atoms with Crippen LogP contribution in [0.5, 0.6) is 0 Å². The first kappa shape index (κ1) is 17.6. The Morgan fingerprint density at radius 1 is 1.04 bits per heavy atom. The van der Waals surface area contributed by atoms with E-state index in [-0.39, 0.29) is 5.82 Å². The summed E-state index contributed by atoms with van der Waals surface area (Å²) in [6.07, 6.45) is 1.20. The molecule has 0 aliphatic rings. The van der Waals surface area contributed by atoms with E-state index >= 15 is 0 Å². The molecule has 2 aromatic carbocycles. The lowest BCUT2D eigenvalue weighted by molar-refractivity contribution is 0.602. The van der Waals surface area contributed by atoms with Crippen molar-refractivity contribution in [2.75, 3.05) is 11.2 Å². The zero-order valence-electron chi connectivity index (χ0n) is 13.9. The Bertz CT molecular complexity index is 961. The number of aryl methyl sites for hydroxylation is 1. The third-order valence-electron chi connectivity index (χ3n) is 3.81. The van der Waals surface area contributed by atoms with E-state index in [1.807, 2.05) is 6.92 Å². The fraction of sp³-hybridized carbons (Fsp3) is 0.158. The molecule has 0 fully saturated rings. The Balaban J connectivity index is 1.97. The zero-order valence-corrected chi connectivity index (χ0v) is 15.6. The predicted octanol–water partition coefficient (Wildman–Crippen LogP) is 4.94. The molecule has 0 bridgehead atoms. The van der Waals surface area contributed by atoms with Crippen LogP contribution < -0.4 is 4.90 Å². The molecule has 25 heavy (non-hydrogen) atoms. The Hall–Kier alpha value is -2.18.